The second-order valence-corrected chi connectivity index (χ2v) is 9.97. The first-order valence-electron chi connectivity index (χ1n) is 11.8. The van der Waals surface area contributed by atoms with Gasteiger partial charge in [0.05, 0.1) is 12.0 Å². The number of hydrogen-bond acceptors (Lipinski definition) is 3. The lowest BCUT2D eigenvalue weighted by Crippen LogP contribution is -2.53. The molecule has 1 spiro atoms. The molecule has 2 aliphatic heterocycles. The third-order valence-electron chi connectivity index (χ3n) is 8.23. The van der Waals surface area contributed by atoms with E-state index in [1.54, 1.807) is 0 Å². The van der Waals surface area contributed by atoms with E-state index in [1.165, 1.54) is 83.0 Å². The Bertz CT molecular complexity index is 679. The Hall–Kier alpha value is -1.36. The second kappa shape index (κ2) is 7.81. The summed E-state index contributed by atoms with van der Waals surface area (Å²) in [5.41, 5.74) is 1.79. The van der Waals surface area contributed by atoms with Crippen LogP contribution in [0.2, 0.25) is 0 Å². The third-order valence-corrected chi connectivity index (χ3v) is 8.23. The van der Waals surface area contributed by atoms with E-state index in [0.717, 1.165) is 25.9 Å². The fourth-order valence-electron chi connectivity index (χ4n) is 6.38. The predicted molar refractivity (Wildman–Crippen MR) is 110 cm³/mol. The Morgan fingerprint density at radius 3 is 2.36 bits per heavy atom. The summed E-state index contributed by atoms with van der Waals surface area (Å²) < 4.78 is 2.46. The van der Waals surface area contributed by atoms with Crippen LogP contribution >= 0.6 is 0 Å². The quantitative estimate of drug-likeness (QED) is 0.783. The lowest BCUT2D eigenvalue weighted by molar-refractivity contribution is -0.142. The van der Waals surface area contributed by atoms with Gasteiger partial charge in [0.1, 0.15) is 0 Å². The van der Waals surface area contributed by atoms with E-state index < -0.39 is 0 Å². The number of imidazole rings is 1. The normalized spacial score (nSPS) is 27.3. The first kappa shape index (κ1) is 18.7. The molecule has 0 bridgehead atoms. The molecule has 1 amide bonds. The van der Waals surface area contributed by atoms with E-state index in [4.69, 9.17) is 0 Å². The minimum Gasteiger partial charge on any atom is -0.339 e. The van der Waals surface area contributed by atoms with Gasteiger partial charge in [-0.1, -0.05) is 25.7 Å². The van der Waals surface area contributed by atoms with Gasteiger partial charge in [0.15, 0.2) is 0 Å². The minimum atomic E-state index is 0.388. The fraction of sp³-hybridized carbons (Fsp3) is 0.826. The van der Waals surface area contributed by atoms with Crippen LogP contribution in [0.4, 0.5) is 0 Å². The minimum absolute atomic E-state index is 0.388. The van der Waals surface area contributed by atoms with E-state index >= 15 is 0 Å². The summed E-state index contributed by atoms with van der Waals surface area (Å²) in [4.78, 5) is 21.9. The van der Waals surface area contributed by atoms with E-state index in [-0.39, 0.29) is 0 Å². The largest absolute Gasteiger partial charge is 0.339 e. The molecule has 0 atom stereocenters. The average Bonchev–Trinajstić information content (AvgIpc) is 3.48. The van der Waals surface area contributed by atoms with Gasteiger partial charge in [0.25, 0.3) is 0 Å². The highest BCUT2D eigenvalue weighted by Gasteiger charge is 2.43. The van der Waals surface area contributed by atoms with Crippen LogP contribution in [0.1, 0.15) is 88.8 Å². The Morgan fingerprint density at radius 2 is 1.64 bits per heavy atom. The standard InChI is InChI=1S/C23H36N4O/c28-22-9-10-23(17-26(22)19-5-1-2-6-19)11-13-25(14-12-23)16-21-15-24-18-27(21)20-7-3-4-8-20/h15,18-20H,1-14,16-17H2. The van der Waals surface area contributed by atoms with Gasteiger partial charge in [-0.15, -0.1) is 0 Å². The first-order chi connectivity index (χ1) is 13.7. The molecule has 2 saturated carbocycles. The highest BCUT2D eigenvalue weighted by molar-refractivity contribution is 5.77. The molecule has 1 aromatic rings. The lowest BCUT2D eigenvalue weighted by atomic mass is 9.72. The van der Waals surface area contributed by atoms with Crippen LogP contribution in [-0.2, 0) is 11.3 Å². The van der Waals surface area contributed by atoms with Crippen molar-refractivity contribution < 1.29 is 4.79 Å². The molecule has 0 aromatic carbocycles. The summed E-state index contributed by atoms with van der Waals surface area (Å²) in [5.74, 6) is 0.431. The van der Waals surface area contributed by atoms with Crippen molar-refractivity contribution in [3.63, 3.8) is 0 Å². The highest BCUT2D eigenvalue weighted by Crippen LogP contribution is 2.42. The SMILES string of the molecule is O=C1CCC2(CCN(Cc3cncn3C3CCCC3)CC2)CN1C1CCCC1. The van der Waals surface area contributed by atoms with Crippen LogP contribution in [0.25, 0.3) is 0 Å². The van der Waals surface area contributed by atoms with Crippen molar-refractivity contribution in [1.29, 1.82) is 0 Å². The zero-order chi connectivity index (χ0) is 19.0. The van der Waals surface area contributed by atoms with E-state index in [0.29, 0.717) is 23.4 Å². The number of hydrogen-bond donors (Lipinski definition) is 0. The summed E-state index contributed by atoms with van der Waals surface area (Å²) >= 11 is 0. The van der Waals surface area contributed by atoms with Gasteiger partial charge in [0.2, 0.25) is 5.91 Å². The summed E-state index contributed by atoms with van der Waals surface area (Å²) in [6.45, 7) is 4.41. The first-order valence-corrected chi connectivity index (χ1v) is 11.8. The average molecular weight is 385 g/mol. The van der Waals surface area contributed by atoms with E-state index in [1.807, 2.05) is 0 Å². The van der Waals surface area contributed by atoms with Crippen molar-refractivity contribution in [3.05, 3.63) is 18.2 Å². The summed E-state index contributed by atoms with van der Waals surface area (Å²) in [6, 6.07) is 1.22. The van der Waals surface area contributed by atoms with Gasteiger partial charge in [-0.2, -0.15) is 0 Å². The molecule has 2 aliphatic carbocycles. The van der Waals surface area contributed by atoms with Crippen LogP contribution in [0.15, 0.2) is 12.5 Å². The maximum Gasteiger partial charge on any atom is 0.222 e. The number of likely N-dealkylation sites (tertiary alicyclic amines) is 2. The molecular weight excluding hydrogens is 348 g/mol. The Morgan fingerprint density at radius 1 is 0.964 bits per heavy atom. The van der Waals surface area contributed by atoms with Crippen LogP contribution < -0.4 is 0 Å². The molecule has 5 rings (SSSR count). The number of piperidine rings is 2. The number of carbonyl (C=O) groups excluding carboxylic acids is 1. The van der Waals surface area contributed by atoms with Crippen LogP contribution in [0.5, 0.6) is 0 Å². The number of amides is 1. The highest BCUT2D eigenvalue weighted by atomic mass is 16.2. The Balaban J connectivity index is 1.19. The second-order valence-electron chi connectivity index (χ2n) is 9.97. The Labute approximate surface area is 169 Å². The molecular formula is C23H36N4O. The number of rotatable bonds is 4. The smallest absolute Gasteiger partial charge is 0.222 e. The van der Waals surface area contributed by atoms with Crippen molar-refractivity contribution in [1.82, 2.24) is 19.4 Å². The lowest BCUT2D eigenvalue weighted by Gasteiger charge is -2.49. The predicted octanol–water partition coefficient (Wildman–Crippen LogP) is 4.15. The van der Waals surface area contributed by atoms with Gasteiger partial charge in [-0.05, 0) is 63.5 Å². The molecule has 4 fully saturated rings. The molecule has 5 nitrogen and oxygen atoms in total. The molecule has 0 radical (unpaired) electrons. The summed E-state index contributed by atoms with van der Waals surface area (Å²) in [6.07, 6.45) is 19.0. The van der Waals surface area contributed by atoms with Gasteiger partial charge in [-0.25, -0.2) is 4.98 Å². The molecule has 3 heterocycles. The maximum absolute atomic E-state index is 12.6. The zero-order valence-corrected chi connectivity index (χ0v) is 17.3. The van der Waals surface area contributed by atoms with Crippen LogP contribution in [0.3, 0.4) is 0 Å². The van der Waals surface area contributed by atoms with Crippen molar-refractivity contribution in [2.24, 2.45) is 5.41 Å². The van der Waals surface area contributed by atoms with Gasteiger partial charge in [-0.3, -0.25) is 9.69 Å². The van der Waals surface area contributed by atoms with Gasteiger partial charge in [0, 0.05) is 37.8 Å². The molecule has 0 N–H and O–H groups in total. The van der Waals surface area contributed by atoms with Crippen molar-refractivity contribution in [2.45, 2.75) is 95.7 Å². The molecule has 2 saturated heterocycles. The topological polar surface area (TPSA) is 41.4 Å². The third kappa shape index (κ3) is 3.62. The van der Waals surface area contributed by atoms with Crippen LogP contribution in [-0.4, -0.2) is 50.9 Å². The summed E-state index contributed by atoms with van der Waals surface area (Å²) in [7, 11) is 0. The Kier molecular flexibility index (Phi) is 5.20. The number of carbonyl (C=O) groups is 1. The van der Waals surface area contributed by atoms with Gasteiger partial charge < -0.3 is 9.47 Å². The number of aromatic nitrogens is 2. The molecule has 5 heteroatoms. The fourth-order valence-corrected chi connectivity index (χ4v) is 6.38. The van der Waals surface area contributed by atoms with Crippen molar-refractivity contribution in [2.75, 3.05) is 19.6 Å². The van der Waals surface area contributed by atoms with Crippen molar-refractivity contribution >= 4 is 5.91 Å². The molecule has 4 aliphatic rings. The monoisotopic (exact) mass is 384 g/mol. The molecule has 0 unspecified atom stereocenters. The zero-order valence-electron chi connectivity index (χ0n) is 17.3. The van der Waals surface area contributed by atoms with Crippen LogP contribution in [0, 0.1) is 5.41 Å². The van der Waals surface area contributed by atoms with E-state index in [9.17, 15) is 4.79 Å². The molecule has 1 aromatic heterocycles. The van der Waals surface area contributed by atoms with Gasteiger partial charge >= 0.3 is 0 Å². The van der Waals surface area contributed by atoms with E-state index in [2.05, 4.69) is 31.9 Å². The molecule has 28 heavy (non-hydrogen) atoms. The summed E-state index contributed by atoms with van der Waals surface area (Å²) in [5, 5.41) is 0. The maximum atomic E-state index is 12.6. The van der Waals surface area contributed by atoms with Crippen molar-refractivity contribution in [3.8, 4) is 0 Å². The molecule has 154 valence electrons. The number of nitrogens with zero attached hydrogens (tertiary/aromatic N) is 4.